The minimum Gasteiger partial charge on any atom is -0.385 e. The van der Waals surface area contributed by atoms with Crippen LogP contribution in [0.15, 0.2) is 72.8 Å². The van der Waals surface area contributed by atoms with Gasteiger partial charge in [0.15, 0.2) is 23.3 Å². The van der Waals surface area contributed by atoms with Crippen molar-refractivity contribution in [1.82, 2.24) is 19.6 Å². The van der Waals surface area contributed by atoms with Gasteiger partial charge in [-0.1, -0.05) is 75.2 Å². The molecular weight excluding hydrogens is 954 g/mol. The molecular formula is C54H72Cl2F6N4O4. The topological polar surface area (TPSA) is 93.9 Å². The molecule has 4 aromatic rings. The highest BCUT2D eigenvalue weighted by molar-refractivity contribution is 6.31. The number of likely N-dealkylation sites (tertiary alicyclic amines) is 4. The second-order valence-corrected chi connectivity index (χ2v) is 20.0. The summed E-state index contributed by atoms with van der Waals surface area (Å²) in [6, 6.07) is 16.5. The number of nitrogens with zero attached hydrogens (tertiary/aromatic N) is 4. The fraction of sp³-hybridized carbons (Fsp3) is 0.556. The number of rotatable bonds is 10. The van der Waals surface area contributed by atoms with Gasteiger partial charge in [-0.05, 0) is 161 Å². The summed E-state index contributed by atoms with van der Waals surface area (Å²) < 4.78 is 78.9. The lowest BCUT2D eigenvalue weighted by atomic mass is 9.84. The van der Waals surface area contributed by atoms with Crippen molar-refractivity contribution in [3.05, 3.63) is 140 Å². The van der Waals surface area contributed by atoms with Crippen LogP contribution in [0.3, 0.4) is 0 Å². The van der Waals surface area contributed by atoms with Gasteiger partial charge >= 0.3 is 0 Å². The molecule has 8 rings (SSSR count). The number of aliphatic hydroxyl groups is 4. The standard InChI is InChI=1S/C14H19ClFNO.C14H19F2NO.C13H17ClFNO.C13H17F2NO/c2*1-2-7-17-8-5-14(18,6-9-17)11-3-4-12(15)13(16)10-11;2*1-2-16-7-5-13(17,6-8-16)10-3-4-11(14)12(15)9-10/h2*3-4,10,18H,2,5-9H2,1H3;2*3-4,9,17H,2,5-8H2,1H3. The van der Waals surface area contributed by atoms with E-state index in [1.54, 1.807) is 12.1 Å². The van der Waals surface area contributed by atoms with Crippen molar-refractivity contribution < 1.29 is 46.8 Å². The van der Waals surface area contributed by atoms with Gasteiger partial charge in [-0.25, -0.2) is 26.3 Å². The van der Waals surface area contributed by atoms with E-state index in [2.05, 4.69) is 47.3 Å². The molecule has 0 radical (unpaired) electrons. The lowest BCUT2D eigenvalue weighted by Crippen LogP contribution is -2.42. The molecule has 8 nitrogen and oxygen atoms in total. The minimum atomic E-state index is -1.02. The van der Waals surface area contributed by atoms with Crippen LogP contribution in [0.1, 0.15) is 114 Å². The van der Waals surface area contributed by atoms with E-state index in [1.165, 1.54) is 36.4 Å². The molecule has 0 unspecified atom stereocenters. The highest BCUT2D eigenvalue weighted by atomic mass is 35.5. The predicted octanol–water partition coefficient (Wildman–Crippen LogP) is 10.9. The van der Waals surface area contributed by atoms with Gasteiger partial charge in [-0.2, -0.15) is 0 Å². The van der Waals surface area contributed by atoms with Crippen LogP contribution in [0.4, 0.5) is 26.3 Å². The molecule has 4 aromatic carbocycles. The first-order valence-corrected chi connectivity index (χ1v) is 25.6. The Bertz CT molecular complexity index is 2110. The lowest BCUT2D eigenvalue weighted by molar-refractivity contribution is -0.0263. The Morgan fingerprint density at radius 2 is 0.614 bits per heavy atom. The zero-order valence-corrected chi connectivity index (χ0v) is 42.6. The summed E-state index contributed by atoms with van der Waals surface area (Å²) in [6.07, 6.45) is 7.04. The Morgan fingerprint density at radius 1 is 0.371 bits per heavy atom. The lowest BCUT2D eigenvalue weighted by Gasteiger charge is -2.38. The first-order valence-electron chi connectivity index (χ1n) is 24.8. The highest BCUT2D eigenvalue weighted by Crippen LogP contribution is 2.37. The van der Waals surface area contributed by atoms with Crippen molar-refractivity contribution in [1.29, 1.82) is 0 Å². The van der Waals surface area contributed by atoms with Crippen molar-refractivity contribution in [3.8, 4) is 0 Å². The van der Waals surface area contributed by atoms with Gasteiger partial charge in [0, 0.05) is 52.4 Å². The number of hydrogen-bond acceptors (Lipinski definition) is 8. The van der Waals surface area contributed by atoms with Gasteiger partial charge in [-0.15, -0.1) is 0 Å². The maximum Gasteiger partial charge on any atom is 0.159 e. The molecule has 0 amide bonds. The molecule has 0 aliphatic carbocycles. The molecule has 4 aliphatic heterocycles. The zero-order valence-electron chi connectivity index (χ0n) is 41.1. The summed E-state index contributed by atoms with van der Waals surface area (Å²) in [7, 11) is 0. The van der Waals surface area contributed by atoms with E-state index in [4.69, 9.17) is 23.2 Å². The average Bonchev–Trinajstić information content (AvgIpc) is 3.35. The fourth-order valence-corrected chi connectivity index (χ4v) is 9.94. The van der Waals surface area contributed by atoms with Crippen molar-refractivity contribution >= 4 is 23.2 Å². The maximum absolute atomic E-state index is 13.4. The van der Waals surface area contributed by atoms with Crippen LogP contribution >= 0.6 is 23.2 Å². The first kappa shape index (κ1) is 57.6. The third kappa shape index (κ3) is 15.4. The summed E-state index contributed by atoms with van der Waals surface area (Å²) >= 11 is 11.3. The van der Waals surface area contributed by atoms with Crippen LogP contribution in [0.5, 0.6) is 0 Å². The largest absolute Gasteiger partial charge is 0.385 e. The van der Waals surface area contributed by atoms with Crippen molar-refractivity contribution in [3.63, 3.8) is 0 Å². The Balaban J connectivity index is 0.000000174. The Labute approximate surface area is 420 Å². The zero-order chi connectivity index (χ0) is 51.3. The Hall–Kier alpha value is -3.28. The SMILES string of the molecule is CCCN1CCC(O)(c2ccc(Cl)c(F)c2)CC1.CCCN1CCC(O)(c2ccc(F)c(F)c2)CC1.CCN1CCC(O)(c2ccc(Cl)c(F)c2)CC1.CCN1CCC(O)(c2ccc(F)c(F)c2)CC1. The third-order valence-electron chi connectivity index (χ3n) is 14.5. The Morgan fingerprint density at radius 3 is 0.843 bits per heavy atom. The molecule has 388 valence electrons. The van der Waals surface area contributed by atoms with E-state index in [0.717, 1.165) is 116 Å². The molecule has 16 heteroatoms. The van der Waals surface area contributed by atoms with Gasteiger partial charge in [0.2, 0.25) is 0 Å². The van der Waals surface area contributed by atoms with E-state index in [-0.39, 0.29) is 10.0 Å². The molecule has 0 saturated carbocycles. The number of hydrogen-bond donors (Lipinski definition) is 4. The fourth-order valence-electron chi connectivity index (χ4n) is 9.70. The van der Waals surface area contributed by atoms with E-state index < -0.39 is 57.3 Å². The van der Waals surface area contributed by atoms with Crippen molar-refractivity contribution in [2.45, 2.75) is 114 Å². The first-order chi connectivity index (χ1) is 33.2. The monoisotopic (exact) mass is 1020 g/mol. The third-order valence-corrected chi connectivity index (χ3v) is 15.1. The van der Waals surface area contributed by atoms with E-state index in [9.17, 15) is 46.8 Å². The van der Waals surface area contributed by atoms with E-state index in [1.807, 2.05) is 0 Å². The Kier molecular flexibility index (Phi) is 21.5. The van der Waals surface area contributed by atoms with Crippen LogP contribution in [-0.4, -0.2) is 119 Å². The molecule has 70 heavy (non-hydrogen) atoms. The van der Waals surface area contributed by atoms with Gasteiger partial charge in [0.25, 0.3) is 0 Å². The molecule has 4 saturated heterocycles. The molecule has 0 bridgehead atoms. The number of halogens is 8. The van der Waals surface area contributed by atoms with Crippen LogP contribution in [-0.2, 0) is 22.4 Å². The highest BCUT2D eigenvalue weighted by Gasteiger charge is 2.37. The minimum absolute atomic E-state index is 0.100. The smallest absolute Gasteiger partial charge is 0.159 e. The van der Waals surface area contributed by atoms with Gasteiger partial charge in [0.05, 0.1) is 32.4 Å². The predicted molar refractivity (Wildman–Crippen MR) is 266 cm³/mol. The maximum atomic E-state index is 13.4. The molecule has 4 aliphatic rings. The molecule has 4 heterocycles. The number of piperidine rings is 4. The van der Waals surface area contributed by atoms with E-state index >= 15 is 0 Å². The summed E-state index contributed by atoms with van der Waals surface area (Å²) in [5, 5.41) is 42.3. The summed E-state index contributed by atoms with van der Waals surface area (Å²) in [5.74, 6) is -4.45. The van der Waals surface area contributed by atoms with Crippen LogP contribution < -0.4 is 0 Å². The van der Waals surface area contributed by atoms with Crippen LogP contribution in [0.25, 0.3) is 0 Å². The molecule has 0 atom stereocenters. The summed E-state index contributed by atoms with van der Waals surface area (Å²) in [6.45, 7) is 19.0. The molecule has 0 spiro atoms. The second kappa shape index (κ2) is 26.1. The quantitative estimate of drug-likeness (QED) is 0.117. The average molecular weight is 1030 g/mol. The molecule has 0 aromatic heterocycles. The van der Waals surface area contributed by atoms with Crippen molar-refractivity contribution in [2.75, 3.05) is 78.5 Å². The van der Waals surface area contributed by atoms with Gasteiger partial charge < -0.3 is 40.0 Å². The number of benzene rings is 4. The van der Waals surface area contributed by atoms with E-state index in [0.29, 0.717) is 73.6 Å². The normalized spacial score (nSPS) is 20.2. The second-order valence-electron chi connectivity index (χ2n) is 19.2. The van der Waals surface area contributed by atoms with Crippen molar-refractivity contribution in [2.24, 2.45) is 0 Å². The summed E-state index contributed by atoms with van der Waals surface area (Å²) in [5.41, 5.74) is -1.61. The van der Waals surface area contributed by atoms with Gasteiger partial charge in [-0.3, -0.25) is 0 Å². The molecule has 4 N–H and O–H groups in total. The van der Waals surface area contributed by atoms with Crippen LogP contribution in [0, 0.1) is 34.9 Å². The summed E-state index contributed by atoms with van der Waals surface area (Å²) in [4.78, 5) is 9.13. The molecule has 4 fully saturated rings. The van der Waals surface area contributed by atoms with Gasteiger partial charge in [0.1, 0.15) is 11.6 Å². The van der Waals surface area contributed by atoms with Crippen LogP contribution in [0.2, 0.25) is 10.0 Å².